The molecule has 1 aliphatic heterocycles. The van der Waals surface area contributed by atoms with Crippen LogP contribution in [-0.2, 0) is 17.8 Å². The number of carbonyl (C=O) groups excluding carboxylic acids is 1. The number of nitrogens with zero attached hydrogens (tertiary/aromatic N) is 3. The van der Waals surface area contributed by atoms with Crippen molar-refractivity contribution in [2.24, 2.45) is 5.92 Å². The van der Waals surface area contributed by atoms with Crippen LogP contribution < -0.4 is 0 Å². The molecular weight excluding hydrogens is 330 g/mol. The molecule has 1 atom stereocenters. The predicted molar refractivity (Wildman–Crippen MR) is 96.7 cm³/mol. The van der Waals surface area contributed by atoms with Crippen molar-refractivity contribution in [3.8, 4) is 0 Å². The van der Waals surface area contributed by atoms with Gasteiger partial charge >= 0.3 is 0 Å². The lowest BCUT2D eigenvalue weighted by atomic mass is 10.1. The van der Waals surface area contributed by atoms with Gasteiger partial charge in [0.05, 0.1) is 36.7 Å². The van der Waals surface area contributed by atoms with Crippen LogP contribution in [0, 0.1) is 12.8 Å². The molecule has 0 spiro atoms. The summed E-state index contributed by atoms with van der Waals surface area (Å²) < 4.78 is 13.4. The van der Waals surface area contributed by atoms with Crippen LogP contribution in [0.1, 0.15) is 53.9 Å². The van der Waals surface area contributed by atoms with Crippen LogP contribution in [0.15, 0.2) is 29.0 Å². The number of aryl methyl sites for hydroxylation is 2. The van der Waals surface area contributed by atoms with Crippen LogP contribution in [0.5, 0.6) is 0 Å². The lowest BCUT2D eigenvalue weighted by molar-refractivity contribution is 0.0306. The fourth-order valence-corrected chi connectivity index (χ4v) is 4.15. The van der Waals surface area contributed by atoms with Gasteiger partial charge in [0.1, 0.15) is 5.76 Å². The summed E-state index contributed by atoms with van der Waals surface area (Å²) in [5.74, 6) is 1.37. The summed E-state index contributed by atoms with van der Waals surface area (Å²) >= 11 is 0. The molecule has 1 amide bonds. The number of amides is 1. The van der Waals surface area contributed by atoms with Crippen LogP contribution in [0.25, 0.3) is 0 Å². The molecule has 1 fully saturated rings. The van der Waals surface area contributed by atoms with Crippen LogP contribution in [0.2, 0.25) is 0 Å². The molecule has 2 aromatic rings. The van der Waals surface area contributed by atoms with E-state index in [4.69, 9.17) is 9.15 Å². The van der Waals surface area contributed by atoms with Crippen molar-refractivity contribution >= 4 is 5.91 Å². The van der Waals surface area contributed by atoms with E-state index in [1.807, 2.05) is 22.6 Å². The van der Waals surface area contributed by atoms with Gasteiger partial charge in [0.25, 0.3) is 5.91 Å². The molecule has 0 N–H and O–H groups in total. The molecule has 6 nitrogen and oxygen atoms in total. The normalized spacial score (nSPS) is 21.0. The van der Waals surface area contributed by atoms with E-state index in [2.05, 4.69) is 5.10 Å². The van der Waals surface area contributed by atoms with E-state index in [0.717, 1.165) is 25.3 Å². The number of rotatable bonds is 5. The maximum atomic E-state index is 13.2. The quantitative estimate of drug-likeness (QED) is 0.823. The molecule has 0 bridgehead atoms. The molecule has 1 unspecified atom stereocenters. The predicted octanol–water partition coefficient (Wildman–Crippen LogP) is 3.41. The summed E-state index contributed by atoms with van der Waals surface area (Å²) in [5.41, 5.74) is 1.71. The molecule has 6 heteroatoms. The maximum Gasteiger partial charge on any atom is 0.258 e. The molecule has 0 radical (unpaired) electrons. The van der Waals surface area contributed by atoms with Crippen LogP contribution in [-0.4, -0.2) is 39.8 Å². The number of furan rings is 1. The summed E-state index contributed by atoms with van der Waals surface area (Å²) in [5, 5.41) is 4.39. The first-order valence-electron chi connectivity index (χ1n) is 9.66. The fourth-order valence-electron chi connectivity index (χ4n) is 4.15. The van der Waals surface area contributed by atoms with E-state index in [-0.39, 0.29) is 11.9 Å². The van der Waals surface area contributed by atoms with E-state index in [0.29, 0.717) is 30.4 Å². The van der Waals surface area contributed by atoms with Crippen molar-refractivity contribution in [2.75, 3.05) is 13.2 Å². The van der Waals surface area contributed by atoms with Gasteiger partial charge in [-0.1, -0.05) is 12.8 Å². The molecule has 4 rings (SSSR count). The van der Waals surface area contributed by atoms with Crippen molar-refractivity contribution in [3.63, 3.8) is 0 Å². The van der Waals surface area contributed by atoms with Gasteiger partial charge in [-0.25, -0.2) is 0 Å². The molecule has 140 valence electrons. The van der Waals surface area contributed by atoms with Crippen LogP contribution >= 0.6 is 0 Å². The minimum Gasteiger partial charge on any atom is -0.469 e. The summed E-state index contributed by atoms with van der Waals surface area (Å²) in [6.45, 7) is 4.60. The molecule has 2 aromatic heterocycles. The first-order valence-corrected chi connectivity index (χ1v) is 9.66. The molecule has 3 heterocycles. The van der Waals surface area contributed by atoms with Gasteiger partial charge in [0.2, 0.25) is 0 Å². The Kier molecular flexibility index (Phi) is 5.11. The Bertz CT molecular complexity index is 745. The zero-order valence-corrected chi connectivity index (χ0v) is 15.4. The van der Waals surface area contributed by atoms with E-state index in [9.17, 15) is 4.79 Å². The minimum atomic E-state index is 0.0142. The average Bonchev–Trinajstić information content (AvgIpc) is 3.37. The number of hydrogen-bond acceptors (Lipinski definition) is 4. The largest absolute Gasteiger partial charge is 0.469 e. The highest BCUT2D eigenvalue weighted by Gasteiger charge is 2.30. The van der Waals surface area contributed by atoms with Gasteiger partial charge in [-0.2, -0.15) is 5.10 Å². The summed E-state index contributed by atoms with van der Waals surface area (Å²) in [6, 6.07) is 3.81. The second-order valence-corrected chi connectivity index (χ2v) is 7.50. The van der Waals surface area contributed by atoms with Crippen molar-refractivity contribution in [2.45, 2.75) is 58.2 Å². The maximum absolute atomic E-state index is 13.2. The van der Waals surface area contributed by atoms with Crippen molar-refractivity contribution < 1.29 is 13.9 Å². The lowest BCUT2D eigenvalue weighted by Gasteiger charge is -2.30. The van der Waals surface area contributed by atoms with Gasteiger partial charge < -0.3 is 14.1 Å². The van der Waals surface area contributed by atoms with Gasteiger partial charge in [0, 0.05) is 19.3 Å². The highest BCUT2D eigenvalue weighted by Crippen LogP contribution is 2.26. The highest BCUT2D eigenvalue weighted by molar-refractivity contribution is 5.95. The van der Waals surface area contributed by atoms with Crippen LogP contribution in [0.3, 0.4) is 0 Å². The monoisotopic (exact) mass is 357 g/mol. The van der Waals surface area contributed by atoms with Gasteiger partial charge in [-0.05, 0) is 44.2 Å². The Labute approximate surface area is 154 Å². The molecule has 26 heavy (non-hydrogen) atoms. The Morgan fingerprint density at radius 3 is 2.88 bits per heavy atom. The Morgan fingerprint density at radius 2 is 2.12 bits per heavy atom. The number of aromatic nitrogens is 2. The molecular formula is C20H27N3O3. The zero-order valence-electron chi connectivity index (χ0n) is 15.4. The standard InChI is InChI=1S/C20H27N3O3/c1-15-19(8-11-26-15)20(24)22-12-17-6-9-21-23(17)10-7-18(22)14-25-13-16-4-2-3-5-16/h6,8-9,11,16,18H,2-5,7,10,12-14H2,1H3. The van der Waals surface area contributed by atoms with E-state index >= 15 is 0 Å². The minimum absolute atomic E-state index is 0.0142. The highest BCUT2D eigenvalue weighted by atomic mass is 16.5. The number of hydrogen-bond donors (Lipinski definition) is 0. The summed E-state index contributed by atoms with van der Waals surface area (Å²) in [6.07, 6.45) is 9.43. The van der Waals surface area contributed by atoms with E-state index in [1.165, 1.54) is 25.7 Å². The van der Waals surface area contributed by atoms with Crippen molar-refractivity contribution in [1.29, 1.82) is 0 Å². The molecule has 0 saturated heterocycles. The Morgan fingerprint density at radius 1 is 1.27 bits per heavy atom. The second-order valence-electron chi connectivity index (χ2n) is 7.50. The third-order valence-corrected chi connectivity index (χ3v) is 5.74. The molecule has 2 aliphatic rings. The number of fused-ring (bicyclic) bond motifs is 1. The second kappa shape index (κ2) is 7.66. The number of ether oxygens (including phenoxy) is 1. The third kappa shape index (κ3) is 3.56. The zero-order chi connectivity index (χ0) is 17.9. The SMILES string of the molecule is Cc1occc1C(=O)N1Cc2ccnn2CCC1COCC1CCCC1. The van der Waals surface area contributed by atoms with Gasteiger partial charge in [0.15, 0.2) is 0 Å². The smallest absolute Gasteiger partial charge is 0.258 e. The van der Waals surface area contributed by atoms with E-state index < -0.39 is 0 Å². The van der Waals surface area contributed by atoms with Crippen LogP contribution in [0.4, 0.5) is 0 Å². The first kappa shape index (κ1) is 17.3. The Hall–Kier alpha value is -2.08. The summed E-state index contributed by atoms with van der Waals surface area (Å²) in [7, 11) is 0. The summed E-state index contributed by atoms with van der Waals surface area (Å²) in [4.78, 5) is 15.1. The van der Waals surface area contributed by atoms with Gasteiger partial charge in [-0.3, -0.25) is 9.48 Å². The molecule has 1 saturated carbocycles. The van der Waals surface area contributed by atoms with E-state index in [1.54, 1.807) is 18.5 Å². The molecule has 0 aromatic carbocycles. The van der Waals surface area contributed by atoms with Crippen molar-refractivity contribution in [1.82, 2.24) is 14.7 Å². The third-order valence-electron chi connectivity index (χ3n) is 5.74. The van der Waals surface area contributed by atoms with Crippen molar-refractivity contribution in [3.05, 3.63) is 41.6 Å². The molecule has 1 aliphatic carbocycles. The number of carbonyl (C=O) groups is 1. The average molecular weight is 357 g/mol. The Balaban J connectivity index is 1.49. The topological polar surface area (TPSA) is 60.5 Å². The lowest BCUT2D eigenvalue weighted by Crippen LogP contribution is -2.42. The fraction of sp³-hybridized carbons (Fsp3) is 0.600. The van der Waals surface area contributed by atoms with Gasteiger partial charge in [-0.15, -0.1) is 0 Å². The first-order chi connectivity index (χ1) is 12.7.